The predicted octanol–water partition coefficient (Wildman–Crippen LogP) is 4.27. The molecule has 0 bridgehead atoms. The first-order valence-electron chi connectivity index (χ1n) is 9.42. The van der Waals surface area contributed by atoms with Crippen LogP contribution in [0.3, 0.4) is 0 Å². The number of hydrogen-bond donors (Lipinski definition) is 1. The van der Waals surface area contributed by atoms with Gasteiger partial charge in [-0.25, -0.2) is 9.98 Å². The normalized spacial score (nSPS) is 16.3. The highest BCUT2D eigenvalue weighted by atomic mass is 127. The van der Waals surface area contributed by atoms with Gasteiger partial charge in [0, 0.05) is 44.1 Å². The van der Waals surface area contributed by atoms with Crippen LogP contribution in [0.4, 0.5) is 0 Å². The second-order valence-electron chi connectivity index (χ2n) is 7.83. The zero-order valence-electron chi connectivity index (χ0n) is 16.9. The van der Waals surface area contributed by atoms with Crippen LogP contribution < -0.4 is 5.32 Å². The molecule has 0 unspecified atom stereocenters. The number of halogens is 1. The molecule has 1 aromatic heterocycles. The Morgan fingerprint density at radius 1 is 1.38 bits per heavy atom. The maximum atomic E-state index is 5.45. The highest BCUT2D eigenvalue weighted by molar-refractivity contribution is 14.0. The zero-order chi connectivity index (χ0) is 18.3. The van der Waals surface area contributed by atoms with E-state index < -0.39 is 0 Å². The third-order valence-corrected chi connectivity index (χ3v) is 5.81. The molecule has 0 spiro atoms. The summed E-state index contributed by atoms with van der Waals surface area (Å²) in [5.74, 6) is 1.76. The first-order valence-corrected chi connectivity index (χ1v) is 10.3. The van der Waals surface area contributed by atoms with Crippen LogP contribution in [0.15, 0.2) is 10.4 Å². The summed E-state index contributed by atoms with van der Waals surface area (Å²) in [5, 5.41) is 6.72. The van der Waals surface area contributed by atoms with Crippen LogP contribution in [0, 0.1) is 5.92 Å². The number of rotatable bonds is 6. The van der Waals surface area contributed by atoms with Crippen LogP contribution in [-0.4, -0.2) is 49.2 Å². The maximum Gasteiger partial charge on any atom is 0.194 e. The number of aliphatic imine (C=N–C) groups is 1. The summed E-state index contributed by atoms with van der Waals surface area (Å²) >= 11 is 1.73. The van der Waals surface area contributed by atoms with Gasteiger partial charge in [-0.2, -0.15) is 0 Å². The van der Waals surface area contributed by atoms with Crippen LogP contribution in [0.5, 0.6) is 0 Å². The molecule has 0 atom stereocenters. The molecule has 0 aliphatic carbocycles. The topological polar surface area (TPSA) is 49.8 Å². The first-order chi connectivity index (χ1) is 11.9. The first kappa shape index (κ1) is 23.6. The van der Waals surface area contributed by atoms with Gasteiger partial charge in [0.2, 0.25) is 0 Å². The van der Waals surface area contributed by atoms with Crippen molar-refractivity contribution in [1.29, 1.82) is 0 Å². The van der Waals surface area contributed by atoms with Gasteiger partial charge in [-0.15, -0.1) is 35.3 Å². The van der Waals surface area contributed by atoms with Gasteiger partial charge in [0.1, 0.15) is 0 Å². The van der Waals surface area contributed by atoms with Crippen molar-refractivity contribution in [3.63, 3.8) is 0 Å². The Morgan fingerprint density at radius 3 is 2.65 bits per heavy atom. The number of ether oxygens (including phenoxy) is 1. The molecule has 1 fully saturated rings. The molecule has 2 heterocycles. The van der Waals surface area contributed by atoms with E-state index in [1.54, 1.807) is 11.3 Å². The van der Waals surface area contributed by atoms with Crippen LogP contribution in [0.2, 0.25) is 0 Å². The summed E-state index contributed by atoms with van der Waals surface area (Å²) in [4.78, 5) is 11.8. The minimum absolute atomic E-state index is 0. The predicted molar refractivity (Wildman–Crippen MR) is 122 cm³/mol. The van der Waals surface area contributed by atoms with Gasteiger partial charge in [0.15, 0.2) is 5.96 Å². The molecule has 5 nitrogen and oxygen atoms in total. The Hall–Kier alpha value is -0.410. The molecule has 1 aliphatic rings. The Morgan fingerprint density at radius 2 is 2.08 bits per heavy atom. The third kappa shape index (κ3) is 7.68. The summed E-state index contributed by atoms with van der Waals surface area (Å²) < 4.78 is 5.45. The van der Waals surface area contributed by atoms with E-state index in [1.807, 2.05) is 0 Å². The van der Waals surface area contributed by atoms with Crippen molar-refractivity contribution in [3.05, 3.63) is 16.1 Å². The van der Waals surface area contributed by atoms with Gasteiger partial charge in [0.25, 0.3) is 0 Å². The summed E-state index contributed by atoms with van der Waals surface area (Å²) in [5.41, 5.74) is 1.17. The minimum atomic E-state index is 0. The smallest absolute Gasteiger partial charge is 0.194 e. The number of aromatic nitrogens is 1. The maximum absolute atomic E-state index is 5.45. The van der Waals surface area contributed by atoms with E-state index in [9.17, 15) is 0 Å². The van der Waals surface area contributed by atoms with E-state index in [0.29, 0.717) is 6.54 Å². The van der Waals surface area contributed by atoms with Crippen LogP contribution in [0.25, 0.3) is 0 Å². The number of nitrogens with zero attached hydrogens (tertiary/aromatic N) is 3. The second kappa shape index (κ2) is 11.4. The van der Waals surface area contributed by atoms with E-state index in [1.165, 1.54) is 24.3 Å². The third-order valence-electron chi connectivity index (χ3n) is 4.49. The van der Waals surface area contributed by atoms with Gasteiger partial charge in [-0.3, -0.25) is 0 Å². The molecule has 7 heteroatoms. The minimum Gasteiger partial charge on any atom is -0.381 e. The largest absolute Gasteiger partial charge is 0.381 e. The van der Waals surface area contributed by atoms with Crippen molar-refractivity contribution < 1.29 is 4.74 Å². The zero-order valence-corrected chi connectivity index (χ0v) is 20.0. The summed E-state index contributed by atoms with van der Waals surface area (Å²) in [6.07, 6.45) is 3.58. The van der Waals surface area contributed by atoms with Gasteiger partial charge >= 0.3 is 0 Å². The molecule has 1 saturated heterocycles. The highest BCUT2D eigenvalue weighted by Crippen LogP contribution is 2.25. The van der Waals surface area contributed by atoms with Crippen LogP contribution in [-0.2, 0) is 16.7 Å². The number of guanidine groups is 1. The standard InChI is InChI=1S/C19H34N4OS.HI/c1-6-20-18(23(5)10-7-15-8-11-24-12-9-15)21-13-16-14-25-17(22-16)19(2,3)4;/h14-15H,6-13H2,1-5H3,(H,20,21);1H. The van der Waals surface area contributed by atoms with E-state index in [2.05, 4.69) is 50.3 Å². The number of nitrogens with one attached hydrogen (secondary N) is 1. The summed E-state index contributed by atoms with van der Waals surface area (Å²) in [6.45, 7) is 13.1. The molecule has 1 aliphatic heterocycles. The van der Waals surface area contributed by atoms with Crippen molar-refractivity contribution >= 4 is 41.3 Å². The molecule has 0 amide bonds. The molecule has 1 aromatic rings. The average Bonchev–Trinajstić information content (AvgIpc) is 3.07. The Kier molecular flexibility index (Phi) is 10.4. The molecule has 26 heavy (non-hydrogen) atoms. The fraction of sp³-hybridized carbons (Fsp3) is 0.789. The Labute approximate surface area is 180 Å². The lowest BCUT2D eigenvalue weighted by molar-refractivity contribution is 0.0625. The molecule has 0 radical (unpaired) electrons. The molecular formula is C19H35IN4OS. The Balaban J connectivity index is 0.00000338. The highest BCUT2D eigenvalue weighted by Gasteiger charge is 2.18. The molecule has 0 saturated carbocycles. The van der Waals surface area contributed by atoms with Crippen LogP contribution in [0.1, 0.15) is 57.7 Å². The quantitative estimate of drug-likeness (QED) is 0.365. The van der Waals surface area contributed by atoms with Crippen molar-refractivity contribution in [2.24, 2.45) is 10.9 Å². The fourth-order valence-electron chi connectivity index (χ4n) is 2.87. The second-order valence-corrected chi connectivity index (χ2v) is 8.69. The van der Waals surface area contributed by atoms with Gasteiger partial charge in [-0.1, -0.05) is 20.8 Å². The molecule has 150 valence electrons. The van der Waals surface area contributed by atoms with E-state index in [-0.39, 0.29) is 29.4 Å². The van der Waals surface area contributed by atoms with Gasteiger partial charge in [-0.05, 0) is 32.1 Å². The number of hydrogen-bond acceptors (Lipinski definition) is 4. The number of thiazole rings is 1. The van der Waals surface area contributed by atoms with Crippen molar-refractivity contribution in [1.82, 2.24) is 15.2 Å². The average molecular weight is 494 g/mol. The van der Waals surface area contributed by atoms with E-state index >= 15 is 0 Å². The Bertz CT molecular complexity index is 550. The lowest BCUT2D eigenvalue weighted by Crippen LogP contribution is -2.40. The molecule has 0 aromatic carbocycles. The monoisotopic (exact) mass is 494 g/mol. The van der Waals surface area contributed by atoms with Crippen molar-refractivity contribution in [3.8, 4) is 0 Å². The van der Waals surface area contributed by atoms with Gasteiger partial charge in [0.05, 0.1) is 17.2 Å². The van der Waals surface area contributed by atoms with Crippen molar-refractivity contribution in [2.75, 3.05) is 33.4 Å². The van der Waals surface area contributed by atoms with Crippen LogP contribution >= 0.6 is 35.3 Å². The van der Waals surface area contributed by atoms with E-state index in [4.69, 9.17) is 14.7 Å². The fourth-order valence-corrected chi connectivity index (χ4v) is 3.77. The lowest BCUT2D eigenvalue weighted by atomic mass is 9.96. The molecule has 1 N–H and O–H groups in total. The van der Waals surface area contributed by atoms with Gasteiger partial charge < -0.3 is 15.0 Å². The molecular weight excluding hydrogens is 459 g/mol. The van der Waals surface area contributed by atoms with Crippen molar-refractivity contribution in [2.45, 2.75) is 58.9 Å². The van der Waals surface area contributed by atoms with E-state index in [0.717, 1.165) is 43.9 Å². The summed E-state index contributed by atoms with van der Waals surface area (Å²) in [6, 6.07) is 0. The summed E-state index contributed by atoms with van der Waals surface area (Å²) in [7, 11) is 2.13. The molecule has 2 rings (SSSR count). The lowest BCUT2D eigenvalue weighted by Gasteiger charge is -2.26. The SMILES string of the molecule is CCNC(=NCc1csc(C(C)(C)C)n1)N(C)CCC1CCOCC1.I.